The van der Waals surface area contributed by atoms with E-state index in [1.54, 1.807) is 12.1 Å². The zero-order valence-corrected chi connectivity index (χ0v) is 16.6. The molecule has 0 radical (unpaired) electrons. The predicted molar refractivity (Wildman–Crippen MR) is 103 cm³/mol. The van der Waals surface area contributed by atoms with Crippen molar-refractivity contribution in [3.63, 3.8) is 0 Å². The van der Waals surface area contributed by atoms with Crippen LogP contribution in [0.2, 0.25) is 0 Å². The van der Waals surface area contributed by atoms with E-state index in [-0.39, 0.29) is 17.5 Å². The lowest BCUT2D eigenvalue weighted by Crippen LogP contribution is -2.23. The van der Waals surface area contributed by atoms with Crippen LogP contribution in [0.25, 0.3) is 0 Å². The molecule has 1 N–H and O–H groups in total. The van der Waals surface area contributed by atoms with E-state index in [4.69, 9.17) is 14.2 Å². The van der Waals surface area contributed by atoms with Gasteiger partial charge in [0.25, 0.3) is 0 Å². The van der Waals surface area contributed by atoms with Gasteiger partial charge in [0.1, 0.15) is 23.4 Å². The second-order valence-corrected chi connectivity index (χ2v) is 8.13. The summed E-state index contributed by atoms with van der Waals surface area (Å²) in [5.74, 6) is 2.12. The van der Waals surface area contributed by atoms with Crippen LogP contribution in [0, 0.1) is 0 Å². The Bertz CT molecular complexity index is 893. The Balaban J connectivity index is 1.78. The SMILES string of the molecule is CCOc1ccc(S(=O)(=O)NCc2cc3c(cc2OCC)C[C@H](C)O3)cc1. The quantitative estimate of drug-likeness (QED) is 0.747. The number of rotatable bonds is 8. The third-order valence-corrected chi connectivity index (χ3v) is 5.69. The van der Waals surface area contributed by atoms with E-state index in [1.807, 2.05) is 32.9 Å². The van der Waals surface area contributed by atoms with Crippen LogP contribution in [0.3, 0.4) is 0 Å². The molecule has 27 heavy (non-hydrogen) atoms. The highest BCUT2D eigenvalue weighted by Gasteiger charge is 2.23. The summed E-state index contributed by atoms with van der Waals surface area (Å²) in [6.45, 7) is 6.95. The molecule has 0 amide bonds. The van der Waals surface area contributed by atoms with Gasteiger partial charge in [0.05, 0.1) is 18.1 Å². The van der Waals surface area contributed by atoms with Crippen LogP contribution in [-0.2, 0) is 23.0 Å². The minimum Gasteiger partial charge on any atom is -0.494 e. The zero-order chi connectivity index (χ0) is 19.4. The molecule has 7 heteroatoms. The molecule has 3 rings (SSSR count). The summed E-state index contributed by atoms with van der Waals surface area (Å²) in [4.78, 5) is 0.190. The molecule has 1 heterocycles. The molecular weight excluding hydrogens is 366 g/mol. The molecule has 0 saturated carbocycles. The maximum Gasteiger partial charge on any atom is 0.240 e. The summed E-state index contributed by atoms with van der Waals surface area (Å²) in [7, 11) is -3.65. The van der Waals surface area contributed by atoms with Gasteiger partial charge in [-0.2, -0.15) is 0 Å². The summed E-state index contributed by atoms with van der Waals surface area (Å²) >= 11 is 0. The number of nitrogens with one attached hydrogen (secondary N) is 1. The fourth-order valence-corrected chi connectivity index (χ4v) is 4.05. The Labute approximate surface area is 160 Å². The molecule has 2 aromatic rings. The smallest absolute Gasteiger partial charge is 0.240 e. The Morgan fingerprint density at radius 2 is 1.81 bits per heavy atom. The van der Waals surface area contributed by atoms with Crippen molar-refractivity contribution in [2.45, 2.75) is 44.7 Å². The van der Waals surface area contributed by atoms with Crippen LogP contribution in [0.5, 0.6) is 17.2 Å². The van der Waals surface area contributed by atoms with Crippen molar-refractivity contribution >= 4 is 10.0 Å². The topological polar surface area (TPSA) is 73.9 Å². The van der Waals surface area contributed by atoms with Crippen LogP contribution in [-0.4, -0.2) is 27.7 Å². The molecule has 1 atom stereocenters. The lowest BCUT2D eigenvalue weighted by molar-refractivity contribution is 0.254. The number of hydrogen-bond acceptors (Lipinski definition) is 5. The Hall–Kier alpha value is -2.25. The molecular formula is C20H25NO5S. The summed E-state index contributed by atoms with van der Waals surface area (Å²) in [5, 5.41) is 0. The van der Waals surface area contributed by atoms with Gasteiger partial charge in [0, 0.05) is 24.1 Å². The molecule has 1 aliphatic rings. The predicted octanol–water partition coefficient (Wildman–Crippen LogP) is 3.29. The standard InChI is InChI=1S/C20H25NO5S/c1-4-24-17-6-8-18(9-7-17)27(22,23)21-13-16-12-20-15(10-14(3)26-20)11-19(16)25-5-2/h6-9,11-12,14,21H,4-5,10,13H2,1-3H3/t14-/m0/s1. The average Bonchev–Trinajstić information content (AvgIpc) is 3.00. The lowest BCUT2D eigenvalue weighted by atomic mass is 10.1. The van der Waals surface area contributed by atoms with Gasteiger partial charge in [0.15, 0.2) is 0 Å². The molecule has 0 bridgehead atoms. The number of hydrogen-bond donors (Lipinski definition) is 1. The first-order valence-corrected chi connectivity index (χ1v) is 10.6. The fourth-order valence-electron chi connectivity index (χ4n) is 3.05. The van der Waals surface area contributed by atoms with Gasteiger partial charge >= 0.3 is 0 Å². The van der Waals surface area contributed by atoms with E-state index in [1.165, 1.54) is 12.1 Å². The highest BCUT2D eigenvalue weighted by atomic mass is 32.2. The number of ether oxygens (including phenoxy) is 3. The Morgan fingerprint density at radius 3 is 2.48 bits per heavy atom. The van der Waals surface area contributed by atoms with Crippen molar-refractivity contribution in [2.24, 2.45) is 0 Å². The highest BCUT2D eigenvalue weighted by Crippen LogP contribution is 2.35. The molecule has 6 nitrogen and oxygen atoms in total. The van der Waals surface area contributed by atoms with E-state index in [0.717, 1.165) is 23.3 Å². The van der Waals surface area contributed by atoms with Crippen molar-refractivity contribution in [3.8, 4) is 17.2 Å². The molecule has 1 aliphatic heterocycles. The van der Waals surface area contributed by atoms with Crippen molar-refractivity contribution in [3.05, 3.63) is 47.5 Å². The maximum absolute atomic E-state index is 12.6. The summed E-state index contributed by atoms with van der Waals surface area (Å²) in [6.07, 6.45) is 0.943. The van der Waals surface area contributed by atoms with Crippen LogP contribution >= 0.6 is 0 Å². The highest BCUT2D eigenvalue weighted by molar-refractivity contribution is 7.89. The summed E-state index contributed by atoms with van der Waals surface area (Å²) in [5.41, 5.74) is 1.84. The van der Waals surface area contributed by atoms with Gasteiger partial charge in [-0.15, -0.1) is 0 Å². The van der Waals surface area contributed by atoms with Crippen LogP contribution in [0.4, 0.5) is 0 Å². The van der Waals surface area contributed by atoms with Crippen molar-refractivity contribution in [2.75, 3.05) is 13.2 Å². The largest absolute Gasteiger partial charge is 0.494 e. The Morgan fingerprint density at radius 1 is 1.11 bits per heavy atom. The van der Waals surface area contributed by atoms with E-state index >= 15 is 0 Å². The van der Waals surface area contributed by atoms with Crippen molar-refractivity contribution < 1.29 is 22.6 Å². The van der Waals surface area contributed by atoms with Gasteiger partial charge in [-0.25, -0.2) is 13.1 Å². The van der Waals surface area contributed by atoms with Crippen LogP contribution < -0.4 is 18.9 Å². The van der Waals surface area contributed by atoms with E-state index in [9.17, 15) is 8.42 Å². The molecule has 2 aromatic carbocycles. The third-order valence-electron chi connectivity index (χ3n) is 4.28. The normalized spacial score (nSPS) is 15.9. The molecule has 0 aliphatic carbocycles. The summed E-state index contributed by atoms with van der Waals surface area (Å²) in [6, 6.07) is 10.2. The van der Waals surface area contributed by atoms with E-state index < -0.39 is 10.0 Å². The maximum atomic E-state index is 12.6. The second-order valence-electron chi connectivity index (χ2n) is 6.36. The van der Waals surface area contributed by atoms with Gasteiger partial charge in [-0.05, 0) is 57.2 Å². The van der Waals surface area contributed by atoms with Crippen molar-refractivity contribution in [1.82, 2.24) is 4.72 Å². The van der Waals surface area contributed by atoms with Gasteiger partial charge in [-0.3, -0.25) is 0 Å². The molecule has 0 saturated heterocycles. The minimum atomic E-state index is -3.65. The Kier molecular flexibility index (Phi) is 5.92. The molecule has 146 valence electrons. The molecule has 0 unspecified atom stereocenters. The van der Waals surface area contributed by atoms with Gasteiger partial charge in [-0.1, -0.05) is 0 Å². The molecule has 0 fully saturated rings. The minimum absolute atomic E-state index is 0.116. The number of sulfonamides is 1. The van der Waals surface area contributed by atoms with Gasteiger partial charge in [0.2, 0.25) is 10.0 Å². The molecule has 0 aromatic heterocycles. The lowest BCUT2D eigenvalue weighted by Gasteiger charge is -2.14. The number of benzene rings is 2. The monoisotopic (exact) mass is 391 g/mol. The first kappa shape index (κ1) is 19.5. The second kappa shape index (κ2) is 8.19. The average molecular weight is 391 g/mol. The van der Waals surface area contributed by atoms with E-state index in [2.05, 4.69) is 4.72 Å². The zero-order valence-electron chi connectivity index (χ0n) is 15.8. The molecule has 0 spiro atoms. The van der Waals surface area contributed by atoms with Crippen LogP contribution in [0.15, 0.2) is 41.3 Å². The van der Waals surface area contributed by atoms with Crippen molar-refractivity contribution in [1.29, 1.82) is 0 Å². The summed E-state index contributed by atoms with van der Waals surface area (Å²) < 4.78 is 44.7. The van der Waals surface area contributed by atoms with E-state index in [0.29, 0.717) is 24.7 Å². The number of fused-ring (bicyclic) bond motifs is 1. The fraction of sp³-hybridized carbons (Fsp3) is 0.400. The van der Waals surface area contributed by atoms with Gasteiger partial charge < -0.3 is 14.2 Å². The van der Waals surface area contributed by atoms with Crippen LogP contribution in [0.1, 0.15) is 31.9 Å². The first-order chi connectivity index (χ1) is 12.9. The third kappa shape index (κ3) is 4.54. The first-order valence-electron chi connectivity index (χ1n) is 9.10.